The molecular weight excluding hydrogens is 372 g/mol. The Labute approximate surface area is 161 Å². The van der Waals surface area contributed by atoms with Crippen LogP contribution in [0.25, 0.3) is 0 Å². The summed E-state index contributed by atoms with van der Waals surface area (Å²) in [5.41, 5.74) is 1.09. The number of fused-ring (bicyclic) bond motifs is 1. The summed E-state index contributed by atoms with van der Waals surface area (Å²) in [5.74, 6) is -1.49. The Balaban J connectivity index is 1.55. The van der Waals surface area contributed by atoms with Gasteiger partial charge < -0.3 is 23.7 Å². The highest BCUT2D eigenvalue weighted by molar-refractivity contribution is 7.80. The van der Waals surface area contributed by atoms with Crippen molar-refractivity contribution in [2.24, 2.45) is 0 Å². The molecule has 3 aliphatic rings. The van der Waals surface area contributed by atoms with Crippen molar-refractivity contribution in [3.05, 3.63) is 29.8 Å². The molecule has 150 valence electrons. The van der Waals surface area contributed by atoms with Crippen molar-refractivity contribution in [3.63, 3.8) is 0 Å². The molecule has 4 rings (SSSR count). The van der Waals surface area contributed by atoms with Gasteiger partial charge in [-0.2, -0.15) is 0 Å². The summed E-state index contributed by atoms with van der Waals surface area (Å²) in [5, 5.41) is 0. The highest BCUT2D eigenvalue weighted by atomic mass is 32.2. The van der Waals surface area contributed by atoms with E-state index in [1.165, 1.54) is 0 Å². The molecule has 0 radical (unpaired) electrons. The molecule has 3 aliphatic heterocycles. The molecule has 3 saturated heterocycles. The average molecular weight is 398 g/mol. The lowest BCUT2D eigenvalue weighted by Gasteiger charge is -2.28. The lowest BCUT2D eigenvalue weighted by atomic mass is 10.1. The van der Waals surface area contributed by atoms with E-state index in [0.29, 0.717) is 11.5 Å². The van der Waals surface area contributed by atoms with Gasteiger partial charge in [-0.15, -0.1) is 0 Å². The summed E-state index contributed by atoms with van der Waals surface area (Å²) >= 11 is -1.67. The molecule has 1 aromatic rings. The van der Waals surface area contributed by atoms with E-state index >= 15 is 0 Å². The SMILES string of the molecule is Cc1ccc(S(=O)O[C@@H]2[C@H]3OC(C)(C)O[C@H]3O[C@@H]2C2COC(C)(C)O2)cc1. The lowest BCUT2D eigenvalue weighted by molar-refractivity contribution is -0.230. The first-order valence-electron chi connectivity index (χ1n) is 9.12. The van der Waals surface area contributed by atoms with Crippen LogP contribution in [0.15, 0.2) is 29.2 Å². The molecule has 0 saturated carbocycles. The second kappa shape index (κ2) is 6.88. The number of aryl methyl sites for hydroxylation is 1. The highest BCUT2D eigenvalue weighted by Crippen LogP contribution is 2.42. The van der Waals surface area contributed by atoms with E-state index in [9.17, 15) is 4.21 Å². The minimum Gasteiger partial charge on any atom is -0.348 e. The molecule has 0 N–H and O–H groups in total. The quantitative estimate of drug-likeness (QED) is 0.771. The first-order valence-corrected chi connectivity index (χ1v) is 10.2. The maximum absolute atomic E-state index is 12.8. The second-order valence-corrected chi connectivity index (χ2v) is 9.18. The predicted molar refractivity (Wildman–Crippen MR) is 96.1 cm³/mol. The van der Waals surface area contributed by atoms with Gasteiger partial charge in [-0.05, 0) is 46.8 Å². The van der Waals surface area contributed by atoms with E-state index in [4.69, 9.17) is 27.9 Å². The monoisotopic (exact) mass is 398 g/mol. The molecule has 3 heterocycles. The normalized spacial score (nSPS) is 38.0. The summed E-state index contributed by atoms with van der Waals surface area (Å²) in [6.45, 7) is 9.66. The van der Waals surface area contributed by atoms with Gasteiger partial charge in [-0.25, -0.2) is 4.21 Å². The summed E-state index contributed by atoms with van der Waals surface area (Å²) in [7, 11) is 0. The molecule has 2 unspecified atom stereocenters. The largest absolute Gasteiger partial charge is 0.348 e. The Bertz CT molecular complexity index is 717. The van der Waals surface area contributed by atoms with Crippen molar-refractivity contribution in [2.75, 3.05) is 6.61 Å². The van der Waals surface area contributed by atoms with Gasteiger partial charge in [0.15, 0.2) is 28.9 Å². The summed E-state index contributed by atoms with van der Waals surface area (Å²) in [4.78, 5) is 0.588. The van der Waals surface area contributed by atoms with Gasteiger partial charge in [0.1, 0.15) is 24.4 Å². The molecule has 6 atom stereocenters. The summed E-state index contributed by atoms with van der Waals surface area (Å²) in [6, 6.07) is 7.39. The van der Waals surface area contributed by atoms with Gasteiger partial charge in [0.25, 0.3) is 0 Å². The smallest absolute Gasteiger partial charge is 0.190 e. The van der Waals surface area contributed by atoms with Crippen LogP contribution in [-0.2, 0) is 38.9 Å². The van der Waals surface area contributed by atoms with Gasteiger partial charge in [0, 0.05) is 0 Å². The third-order valence-electron chi connectivity index (χ3n) is 4.84. The zero-order chi connectivity index (χ0) is 19.4. The Morgan fingerprint density at radius 3 is 2.33 bits per heavy atom. The topological polar surface area (TPSA) is 72.5 Å². The fraction of sp³-hybridized carbons (Fsp3) is 0.684. The van der Waals surface area contributed by atoms with Crippen molar-refractivity contribution in [1.82, 2.24) is 0 Å². The lowest BCUT2D eigenvalue weighted by Crippen LogP contribution is -2.44. The molecule has 0 aliphatic carbocycles. The van der Waals surface area contributed by atoms with Crippen molar-refractivity contribution < 1.29 is 32.1 Å². The van der Waals surface area contributed by atoms with Crippen LogP contribution in [0.5, 0.6) is 0 Å². The number of rotatable bonds is 4. The van der Waals surface area contributed by atoms with E-state index < -0.39 is 47.3 Å². The van der Waals surface area contributed by atoms with Crippen molar-refractivity contribution in [3.8, 4) is 0 Å². The number of hydrogen-bond donors (Lipinski definition) is 0. The van der Waals surface area contributed by atoms with Crippen LogP contribution in [0, 0.1) is 6.92 Å². The van der Waals surface area contributed by atoms with Crippen molar-refractivity contribution in [2.45, 2.75) is 81.8 Å². The highest BCUT2D eigenvalue weighted by Gasteiger charge is 2.59. The Hall–Kier alpha value is -0.870. The first kappa shape index (κ1) is 19.4. The molecule has 0 bridgehead atoms. The third kappa shape index (κ3) is 3.98. The number of benzene rings is 1. The minimum absolute atomic E-state index is 0.359. The molecule has 0 aromatic heterocycles. The van der Waals surface area contributed by atoms with Crippen molar-refractivity contribution in [1.29, 1.82) is 0 Å². The zero-order valence-electron chi connectivity index (χ0n) is 16.2. The zero-order valence-corrected chi connectivity index (χ0v) is 17.0. The molecule has 1 aromatic carbocycles. The molecular formula is C19H26O7S. The standard InChI is InChI=1S/C19H26O7S/c1-11-6-8-12(9-7-11)27(20)26-15-14(13-10-21-18(2,3)23-13)22-17-16(15)24-19(4,5)25-17/h6-9,13-17H,10H2,1-5H3/t13?,14-,15+,16-,17-,27?/m1/s1. The Kier molecular flexibility index (Phi) is 4.95. The van der Waals surface area contributed by atoms with Gasteiger partial charge in [0.2, 0.25) is 0 Å². The molecule has 3 fully saturated rings. The van der Waals surface area contributed by atoms with Gasteiger partial charge >= 0.3 is 0 Å². The van der Waals surface area contributed by atoms with E-state index in [1.54, 1.807) is 12.1 Å². The minimum atomic E-state index is -1.67. The van der Waals surface area contributed by atoms with Crippen LogP contribution in [0.3, 0.4) is 0 Å². The van der Waals surface area contributed by atoms with Gasteiger partial charge in [0.05, 0.1) is 11.5 Å². The average Bonchev–Trinajstić information content (AvgIpc) is 3.18. The fourth-order valence-electron chi connectivity index (χ4n) is 3.60. The van der Waals surface area contributed by atoms with E-state index in [0.717, 1.165) is 5.56 Å². The first-order chi connectivity index (χ1) is 12.6. The van der Waals surface area contributed by atoms with Gasteiger partial charge in [-0.3, -0.25) is 4.18 Å². The summed E-state index contributed by atoms with van der Waals surface area (Å²) < 4.78 is 48.2. The third-order valence-corrected chi connectivity index (χ3v) is 5.89. The molecule has 0 amide bonds. The summed E-state index contributed by atoms with van der Waals surface area (Å²) in [6.07, 6.45) is -2.57. The number of ether oxygens (including phenoxy) is 5. The molecule has 0 spiro atoms. The molecule has 27 heavy (non-hydrogen) atoms. The van der Waals surface area contributed by atoms with E-state index in [-0.39, 0.29) is 6.10 Å². The predicted octanol–water partition coefficient (Wildman–Crippen LogP) is 2.43. The van der Waals surface area contributed by atoms with Crippen LogP contribution in [-0.4, -0.2) is 53.1 Å². The molecule has 7 nitrogen and oxygen atoms in total. The van der Waals surface area contributed by atoms with Crippen LogP contribution >= 0.6 is 0 Å². The van der Waals surface area contributed by atoms with Crippen LogP contribution in [0.4, 0.5) is 0 Å². The maximum atomic E-state index is 12.8. The maximum Gasteiger partial charge on any atom is 0.190 e. The Morgan fingerprint density at radius 1 is 1.00 bits per heavy atom. The molecule has 8 heteroatoms. The number of hydrogen-bond acceptors (Lipinski definition) is 7. The van der Waals surface area contributed by atoms with Crippen LogP contribution in [0.2, 0.25) is 0 Å². The van der Waals surface area contributed by atoms with Gasteiger partial charge in [-0.1, -0.05) is 17.7 Å². The van der Waals surface area contributed by atoms with Crippen LogP contribution in [0.1, 0.15) is 33.3 Å². The van der Waals surface area contributed by atoms with E-state index in [1.807, 2.05) is 46.8 Å². The van der Waals surface area contributed by atoms with Crippen LogP contribution < -0.4 is 0 Å². The second-order valence-electron chi connectivity index (χ2n) is 8.04. The fourth-order valence-corrected chi connectivity index (χ4v) is 4.49. The van der Waals surface area contributed by atoms with E-state index in [2.05, 4.69) is 0 Å². The Morgan fingerprint density at radius 2 is 1.70 bits per heavy atom. The van der Waals surface area contributed by atoms with Crippen molar-refractivity contribution >= 4 is 11.1 Å².